The first kappa shape index (κ1) is 8.59. The lowest BCUT2D eigenvalue weighted by atomic mass is 10.1. The monoisotopic (exact) mass is 164 g/mol. The fraction of sp³-hybridized carbons (Fsp3) is 0.222. The van der Waals surface area contributed by atoms with Gasteiger partial charge >= 0.3 is 0 Å². The number of hydrogen-bond donors (Lipinski definition) is 1. The summed E-state index contributed by atoms with van der Waals surface area (Å²) in [5.41, 5.74) is 7.91. The van der Waals surface area contributed by atoms with Gasteiger partial charge in [0.1, 0.15) is 0 Å². The SMILES string of the molecule is C=C(N)c1ccnc(OC)c1C. The molecule has 0 aromatic carbocycles. The standard InChI is InChI=1S/C9H12N2O/c1-6-8(7(2)10)4-5-11-9(6)12-3/h4-5H,2,10H2,1,3H3. The lowest BCUT2D eigenvalue weighted by molar-refractivity contribution is 0.394. The molecule has 0 aliphatic carbocycles. The van der Waals surface area contributed by atoms with Crippen LogP contribution < -0.4 is 10.5 Å². The minimum Gasteiger partial charge on any atom is -0.481 e. The van der Waals surface area contributed by atoms with Crippen molar-refractivity contribution in [3.05, 3.63) is 30.0 Å². The summed E-state index contributed by atoms with van der Waals surface area (Å²) < 4.78 is 5.03. The van der Waals surface area contributed by atoms with Crippen LogP contribution in [0.5, 0.6) is 5.88 Å². The highest BCUT2D eigenvalue weighted by molar-refractivity contribution is 5.64. The Kier molecular flexibility index (Phi) is 2.33. The highest BCUT2D eigenvalue weighted by Crippen LogP contribution is 2.20. The predicted octanol–water partition coefficient (Wildman–Crippen LogP) is 1.33. The molecule has 2 N–H and O–H groups in total. The molecule has 0 aliphatic heterocycles. The van der Waals surface area contributed by atoms with Crippen molar-refractivity contribution in [1.29, 1.82) is 0 Å². The Bertz CT molecular complexity index is 307. The summed E-state index contributed by atoms with van der Waals surface area (Å²) in [7, 11) is 1.58. The maximum atomic E-state index is 5.56. The third-order valence-electron chi connectivity index (χ3n) is 1.70. The van der Waals surface area contributed by atoms with Crippen LogP contribution in [-0.4, -0.2) is 12.1 Å². The zero-order valence-electron chi connectivity index (χ0n) is 7.29. The van der Waals surface area contributed by atoms with E-state index in [1.807, 2.05) is 13.0 Å². The van der Waals surface area contributed by atoms with Gasteiger partial charge < -0.3 is 10.5 Å². The average Bonchev–Trinajstić information content (AvgIpc) is 2.04. The second kappa shape index (κ2) is 3.26. The van der Waals surface area contributed by atoms with Crippen LogP contribution in [0.2, 0.25) is 0 Å². The smallest absolute Gasteiger partial charge is 0.216 e. The van der Waals surface area contributed by atoms with Gasteiger partial charge in [-0.2, -0.15) is 0 Å². The molecule has 3 nitrogen and oxygen atoms in total. The molecule has 0 fully saturated rings. The van der Waals surface area contributed by atoms with Gasteiger partial charge in [-0.3, -0.25) is 0 Å². The van der Waals surface area contributed by atoms with E-state index in [4.69, 9.17) is 10.5 Å². The third kappa shape index (κ3) is 1.39. The van der Waals surface area contributed by atoms with Crippen LogP contribution in [0.25, 0.3) is 5.70 Å². The maximum absolute atomic E-state index is 5.56. The highest BCUT2D eigenvalue weighted by atomic mass is 16.5. The van der Waals surface area contributed by atoms with Crippen LogP contribution in [-0.2, 0) is 0 Å². The zero-order chi connectivity index (χ0) is 9.14. The summed E-state index contributed by atoms with van der Waals surface area (Å²) in [6.07, 6.45) is 1.65. The van der Waals surface area contributed by atoms with Gasteiger partial charge in [0, 0.05) is 23.0 Å². The van der Waals surface area contributed by atoms with E-state index in [-0.39, 0.29) is 0 Å². The van der Waals surface area contributed by atoms with Crippen LogP contribution in [0.15, 0.2) is 18.8 Å². The van der Waals surface area contributed by atoms with E-state index in [1.165, 1.54) is 0 Å². The Balaban J connectivity index is 3.23. The quantitative estimate of drug-likeness (QED) is 0.717. The first-order chi connectivity index (χ1) is 5.66. The molecule has 0 unspecified atom stereocenters. The van der Waals surface area contributed by atoms with E-state index in [0.29, 0.717) is 11.6 Å². The number of nitrogens with zero attached hydrogens (tertiary/aromatic N) is 1. The molecule has 1 aromatic heterocycles. The largest absolute Gasteiger partial charge is 0.481 e. The Morgan fingerprint density at radius 3 is 2.83 bits per heavy atom. The van der Waals surface area contributed by atoms with Gasteiger partial charge in [-0.15, -0.1) is 0 Å². The van der Waals surface area contributed by atoms with Crippen LogP contribution in [0, 0.1) is 6.92 Å². The minimum atomic E-state index is 0.535. The van der Waals surface area contributed by atoms with Gasteiger partial charge in [0.25, 0.3) is 0 Å². The van der Waals surface area contributed by atoms with E-state index < -0.39 is 0 Å². The number of methoxy groups -OCH3 is 1. The normalized spacial score (nSPS) is 9.50. The van der Waals surface area contributed by atoms with Gasteiger partial charge in [0.2, 0.25) is 5.88 Å². The summed E-state index contributed by atoms with van der Waals surface area (Å²) in [5.74, 6) is 0.596. The highest BCUT2D eigenvalue weighted by Gasteiger charge is 2.05. The minimum absolute atomic E-state index is 0.535. The average molecular weight is 164 g/mol. The second-order valence-corrected chi connectivity index (χ2v) is 2.52. The molecule has 3 heteroatoms. The number of rotatable bonds is 2. The number of pyridine rings is 1. The second-order valence-electron chi connectivity index (χ2n) is 2.52. The molecule has 0 saturated carbocycles. The molecule has 0 aliphatic rings. The van der Waals surface area contributed by atoms with Crippen molar-refractivity contribution in [2.24, 2.45) is 5.73 Å². The molecular weight excluding hydrogens is 152 g/mol. The third-order valence-corrected chi connectivity index (χ3v) is 1.70. The van der Waals surface area contributed by atoms with Crippen LogP contribution in [0.1, 0.15) is 11.1 Å². The van der Waals surface area contributed by atoms with Crippen molar-refractivity contribution < 1.29 is 4.74 Å². The lowest BCUT2D eigenvalue weighted by Gasteiger charge is -2.07. The van der Waals surface area contributed by atoms with Gasteiger partial charge in [0.05, 0.1) is 7.11 Å². The predicted molar refractivity (Wildman–Crippen MR) is 48.7 cm³/mol. The molecule has 12 heavy (non-hydrogen) atoms. The summed E-state index contributed by atoms with van der Waals surface area (Å²) >= 11 is 0. The molecule has 1 rings (SSSR count). The number of hydrogen-bond acceptors (Lipinski definition) is 3. The number of aromatic nitrogens is 1. The zero-order valence-corrected chi connectivity index (χ0v) is 7.29. The number of nitrogens with two attached hydrogens (primary N) is 1. The summed E-state index contributed by atoms with van der Waals surface area (Å²) in [5, 5.41) is 0. The van der Waals surface area contributed by atoms with Crippen LogP contribution >= 0.6 is 0 Å². The molecule has 0 spiro atoms. The van der Waals surface area contributed by atoms with Crippen LogP contribution in [0.3, 0.4) is 0 Å². The van der Waals surface area contributed by atoms with E-state index in [0.717, 1.165) is 11.1 Å². The Morgan fingerprint density at radius 1 is 1.67 bits per heavy atom. The topological polar surface area (TPSA) is 48.1 Å². The summed E-state index contributed by atoms with van der Waals surface area (Å²) in [4.78, 5) is 4.02. The van der Waals surface area contributed by atoms with E-state index in [1.54, 1.807) is 13.3 Å². The van der Waals surface area contributed by atoms with Crippen molar-refractivity contribution >= 4 is 5.70 Å². The Morgan fingerprint density at radius 2 is 2.33 bits per heavy atom. The summed E-state index contributed by atoms with van der Waals surface area (Å²) in [6, 6.07) is 1.82. The van der Waals surface area contributed by atoms with E-state index >= 15 is 0 Å². The van der Waals surface area contributed by atoms with Crippen molar-refractivity contribution in [2.75, 3.05) is 7.11 Å². The van der Waals surface area contributed by atoms with Gasteiger partial charge in [0.15, 0.2) is 0 Å². The van der Waals surface area contributed by atoms with Crippen molar-refractivity contribution in [3.8, 4) is 5.88 Å². The fourth-order valence-corrected chi connectivity index (χ4v) is 1.07. The van der Waals surface area contributed by atoms with Crippen molar-refractivity contribution in [3.63, 3.8) is 0 Å². The molecule has 0 bridgehead atoms. The van der Waals surface area contributed by atoms with Gasteiger partial charge in [-0.25, -0.2) is 4.98 Å². The molecule has 0 amide bonds. The fourth-order valence-electron chi connectivity index (χ4n) is 1.07. The van der Waals surface area contributed by atoms with E-state index in [2.05, 4.69) is 11.6 Å². The first-order valence-electron chi connectivity index (χ1n) is 3.61. The number of ether oxygens (including phenoxy) is 1. The first-order valence-corrected chi connectivity index (χ1v) is 3.61. The summed E-state index contributed by atoms with van der Waals surface area (Å²) in [6.45, 7) is 5.56. The Labute approximate surface area is 71.9 Å². The molecule has 0 radical (unpaired) electrons. The van der Waals surface area contributed by atoms with Gasteiger partial charge in [-0.1, -0.05) is 6.58 Å². The van der Waals surface area contributed by atoms with E-state index in [9.17, 15) is 0 Å². The molecule has 0 atom stereocenters. The molecular formula is C9H12N2O. The van der Waals surface area contributed by atoms with Crippen molar-refractivity contribution in [1.82, 2.24) is 4.98 Å². The van der Waals surface area contributed by atoms with Crippen LogP contribution in [0.4, 0.5) is 0 Å². The van der Waals surface area contributed by atoms with Crippen molar-refractivity contribution in [2.45, 2.75) is 6.92 Å². The molecule has 1 aromatic rings. The lowest BCUT2D eigenvalue weighted by Crippen LogP contribution is -2.00. The maximum Gasteiger partial charge on any atom is 0.216 e. The molecule has 64 valence electrons. The Hall–Kier alpha value is -1.51. The van der Waals surface area contributed by atoms with Gasteiger partial charge in [-0.05, 0) is 13.0 Å². The molecule has 0 saturated heterocycles. The molecule has 1 heterocycles.